The van der Waals surface area contributed by atoms with E-state index in [1.54, 1.807) is 24.3 Å². The van der Waals surface area contributed by atoms with Crippen molar-refractivity contribution >= 4 is 32.8 Å². The Labute approximate surface area is 224 Å². The van der Waals surface area contributed by atoms with Gasteiger partial charge in [-0.05, 0) is 68.2 Å². The van der Waals surface area contributed by atoms with Crippen molar-refractivity contribution in [2.24, 2.45) is 10.9 Å². The Morgan fingerprint density at radius 3 is 2.46 bits per heavy atom. The number of nitrogens with one attached hydrogen (secondary N) is 3. The molecule has 0 aliphatic carbocycles. The molecule has 39 heavy (non-hydrogen) atoms. The monoisotopic (exact) mass is 551 g/mol. The Morgan fingerprint density at radius 1 is 1.08 bits per heavy atom. The van der Waals surface area contributed by atoms with E-state index >= 15 is 0 Å². The summed E-state index contributed by atoms with van der Waals surface area (Å²) >= 11 is 0. The Morgan fingerprint density at radius 2 is 1.79 bits per heavy atom. The number of carbonyl (C=O) groups is 1. The molecule has 12 nitrogen and oxygen atoms in total. The van der Waals surface area contributed by atoms with Gasteiger partial charge in [-0.3, -0.25) is 10.2 Å². The number of imidazole rings is 1. The minimum absolute atomic E-state index is 0.00474. The minimum Gasteiger partial charge on any atom is -0.507 e. The molecular weight excluding hydrogens is 522 g/mol. The van der Waals surface area contributed by atoms with Crippen LogP contribution in [0.2, 0.25) is 0 Å². The van der Waals surface area contributed by atoms with Crippen LogP contribution in [0.5, 0.6) is 11.5 Å². The number of primary sulfonamides is 1. The van der Waals surface area contributed by atoms with Crippen molar-refractivity contribution in [2.75, 3.05) is 27.2 Å². The molecule has 1 amide bonds. The maximum atomic E-state index is 12.7. The molecule has 1 heterocycles. The number of nitrogens with zero attached hydrogens (tertiary/aromatic N) is 2. The Bertz CT molecular complexity index is 1700. The zero-order valence-corrected chi connectivity index (χ0v) is 22.1. The van der Waals surface area contributed by atoms with Crippen molar-refractivity contribution in [1.29, 1.82) is 5.41 Å². The number of sulfonamides is 1. The average Bonchev–Trinajstić information content (AvgIpc) is 3.27. The predicted octanol–water partition coefficient (Wildman–Crippen LogP) is 1.46. The van der Waals surface area contributed by atoms with Gasteiger partial charge < -0.3 is 31.1 Å². The molecule has 0 aliphatic rings. The van der Waals surface area contributed by atoms with E-state index in [0.717, 1.165) is 12.1 Å². The third kappa shape index (κ3) is 6.17. The summed E-state index contributed by atoms with van der Waals surface area (Å²) in [6.45, 7) is 1.08. The molecule has 0 unspecified atom stereocenters. The van der Waals surface area contributed by atoms with Crippen molar-refractivity contribution in [1.82, 2.24) is 20.2 Å². The smallest absolute Gasteiger partial charge is 0.238 e. The topological polar surface area (TPSA) is 212 Å². The number of rotatable bonds is 9. The zero-order valence-electron chi connectivity index (χ0n) is 21.3. The number of aromatic hydroxyl groups is 2. The quantitative estimate of drug-likeness (QED) is 0.119. The first-order valence-corrected chi connectivity index (χ1v) is 13.4. The van der Waals surface area contributed by atoms with Crippen LogP contribution in [0.4, 0.5) is 0 Å². The SMILES string of the molecule is CN(C)CCNC(=O)Cc1cc(-c2nc3ccc(C(=N)N)cc3[nH]2)c(O)c(-c2cc(S(N)(=O)=O)ccc2O)c1. The number of amides is 1. The fourth-order valence-corrected chi connectivity index (χ4v) is 4.60. The number of aromatic nitrogens is 2. The highest BCUT2D eigenvalue weighted by Crippen LogP contribution is 2.42. The lowest BCUT2D eigenvalue weighted by Crippen LogP contribution is -2.32. The van der Waals surface area contributed by atoms with Gasteiger partial charge in [-0.25, -0.2) is 18.5 Å². The van der Waals surface area contributed by atoms with E-state index in [1.165, 1.54) is 12.1 Å². The molecule has 0 spiro atoms. The van der Waals surface area contributed by atoms with E-state index in [4.69, 9.17) is 16.3 Å². The molecule has 13 heteroatoms. The first kappa shape index (κ1) is 27.6. The first-order chi connectivity index (χ1) is 18.3. The van der Waals surface area contributed by atoms with E-state index in [0.29, 0.717) is 35.2 Å². The molecule has 0 radical (unpaired) electrons. The molecule has 3 aromatic carbocycles. The van der Waals surface area contributed by atoms with Gasteiger partial charge >= 0.3 is 0 Å². The van der Waals surface area contributed by atoms with Crippen LogP contribution in [0.3, 0.4) is 0 Å². The number of benzene rings is 3. The van der Waals surface area contributed by atoms with Crippen LogP contribution in [0.1, 0.15) is 11.1 Å². The van der Waals surface area contributed by atoms with Crippen LogP contribution in [0, 0.1) is 5.41 Å². The number of carbonyl (C=O) groups excluding carboxylic acids is 1. The third-order valence-corrected chi connectivity index (χ3v) is 6.96. The van der Waals surface area contributed by atoms with Gasteiger partial charge in [-0.15, -0.1) is 0 Å². The zero-order chi connectivity index (χ0) is 28.5. The van der Waals surface area contributed by atoms with Crippen LogP contribution in [-0.4, -0.2) is 72.4 Å². The van der Waals surface area contributed by atoms with Crippen molar-refractivity contribution in [3.8, 4) is 34.0 Å². The highest BCUT2D eigenvalue weighted by atomic mass is 32.2. The molecule has 0 bridgehead atoms. The summed E-state index contributed by atoms with van der Waals surface area (Å²) in [5, 5.41) is 37.7. The van der Waals surface area contributed by atoms with Gasteiger partial charge in [0.15, 0.2) is 0 Å². The number of aromatic amines is 1. The van der Waals surface area contributed by atoms with Gasteiger partial charge in [-0.1, -0.05) is 0 Å². The number of likely N-dealkylation sites (N-methyl/N-ethyl adjacent to an activating group) is 1. The molecule has 0 atom stereocenters. The van der Waals surface area contributed by atoms with Crippen LogP contribution in [0.25, 0.3) is 33.5 Å². The summed E-state index contributed by atoms with van der Waals surface area (Å²) in [5.74, 6) is -0.740. The molecular formula is C26H29N7O5S. The number of fused-ring (bicyclic) bond motifs is 1. The predicted molar refractivity (Wildman–Crippen MR) is 148 cm³/mol. The van der Waals surface area contributed by atoms with E-state index < -0.39 is 10.0 Å². The molecule has 204 valence electrons. The van der Waals surface area contributed by atoms with Crippen LogP contribution in [-0.2, 0) is 21.2 Å². The minimum atomic E-state index is -4.11. The summed E-state index contributed by atoms with van der Waals surface area (Å²) in [4.78, 5) is 22.0. The van der Waals surface area contributed by atoms with Crippen LogP contribution < -0.4 is 16.2 Å². The normalized spacial score (nSPS) is 11.7. The number of nitrogens with two attached hydrogens (primary N) is 2. The maximum absolute atomic E-state index is 12.7. The lowest BCUT2D eigenvalue weighted by Gasteiger charge is -2.15. The maximum Gasteiger partial charge on any atom is 0.238 e. The number of phenolic OH excluding ortho intramolecular Hbond substituents is 2. The summed E-state index contributed by atoms with van der Waals surface area (Å²) in [5.41, 5.74) is 7.96. The molecule has 9 N–H and O–H groups in total. The second-order valence-corrected chi connectivity index (χ2v) is 10.9. The number of amidine groups is 1. The van der Waals surface area contributed by atoms with Gasteiger partial charge in [-0.2, -0.15) is 0 Å². The Hall–Kier alpha value is -4.46. The van der Waals surface area contributed by atoms with Gasteiger partial charge in [0.2, 0.25) is 15.9 Å². The summed E-state index contributed by atoms with van der Waals surface area (Å²) in [6.07, 6.45) is -0.0575. The lowest BCUT2D eigenvalue weighted by atomic mass is 9.95. The summed E-state index contributed by atoms with van der Waals surface area (Å²) < 4.78 is 23.9. The van der Waals surface area contributed by atoms with Crippen LogP contribution >= 0.6 is 0 Å². The third-order valence-electron chi connectivity index (χ3n) is 6.05. The van der Waals surface area contributed by atoms with Crippen molar-refractivity contribution in [3.05, 3.63) is 59.7 Å². The van der Waals surface area contributed by atoms with Gasteiger partial charge in [0.05, 0.1) is 27.9 Å². The largest absolute Gasteiger partial charge is 0.507 e. The van der Waals surface area contributed by atoms with Gasteiger partial charge in [0, 0.05) is 29.8 Å². The number of nitrogen functional groups attached to an aromatic ring is 1. The number of hydrogen-bond donors (Lipinski definition) is 7. The molecule has 1 aromatic heterocycles. The van der Waals surface area contributed by atoms with Gasteiger partial charge in [0.25, 0.3) is 0 Å². The van der Waals surface area contributed by atoms with E-state index in [2.05, 4.69) is 15.3 Å². The fraction of sp³-hybridized carbons (Fsp3) is 0.192. The molecule has 0 fully saturated rings. The standard InChI is InChI=1S/C26H29N7O5S/c1-33(2)8-7-30-23(35)11-14-9-18(17-13-16(39(29,37)38)4-6-22(17)34)24(36)19(10-14)26-31-20-5-3-15(25(27)28)12-21(20)32-26/h3-6,9-10,12-13,34,36H,7-8,11H2,1-2H3,(H3,27,28)(H,30,35)(H,31,32)(H2,29,37,38). The van der Waals surface area contributed by atoms with Gasteiger partial charge in [0.1, 0.15) is 23.2 Å². The van der Waals surface area contributed by atoms with Crippen molar-refractivity contribution in [2.45, 2.75) is 11.3 Å². The second-order valence-electron chi connectivity index (χ2n) is 9.32. The number of phenols is 2. The molecule has 4 rings (SSSR count). The number of hydrogen-bond acceptors (Lipinski definition) is 8. The first-order valence-electron chi connectivity index (χ1n) is 11.8. The van der Waals surface area contributed by atoms with Crippen molar-refractivity contribution < 1.29 is 23.4 Å². The molecule has 4 aromatic rings. The Kier molecular flexibility index (Phi) is 7.58. The lowest BCUT2D eigenvalue weighted by molar-refractivity contribution is -0.120. The molecule has 0 saturated carbocycles. The Balaban J connectivity index is 1.86. The highest BCUT2D eigenvalue weighted by molar-refractivity contribution is 7.89. The number of H-pyrrole nitrogens is 1. The average molecular weight is 552 g/mol. The molecule has 0 saturated heterocycles. The van der Waals surface area contributed by atoms with E-state index in [1.807, 2.05) is 19.0 Å². The molecule has 0 aliphatic heterocycles. The second kappa shape index (κ2) is 10.7. The summed E-state index contributed by atoms with van der Waals surface area (Å²) in [6, 6.07) is 11.5. The van der Waals surface area contributed by atoms with Crippen LogP contribution in [0.15, 0.2) is 53.4 Å². The van der Waals surface area contributed by atoms with E-state index in [9.17, 15) is 23.4 Å². The highest BCUT2D eigenvalue weighted by Gasteiger charge is 2.21. The van der Waals surface area contributed by atoms with Crippen molar-refractivity contribution in [3.63, 3.8) is 0 Å². The van der Waals surface area contributed by atoms with E-state index in [-0.39, 0.29) is 57.1 Å². The fourth-order valence-electron chi connectivity index (χ4n) is 4.06. The summed E-state index contributed by atoms with van der Waals surface area (Å²) in [7, 11) is -0.330.